The summed E-state index contributed by atoms with van der Waals surface area (Å²) in [5.74, 6) is 3.32. The maximum Gasteiger partial charge on any atom is 0.256 e. The van der Waals surface area contributed by atoms with Crippen LogP contribution in [-0.2, 0) is 13.5 Å². The number of rotatable bonds is 8. The van der Waals surface area contributed by atoms with Crippen LogP contribution in [0.4, 0.5) is 8.78 Å². The van der Waals surface area contributed by atoms with Crippen LogP contribution in [0.25, 0.3) is 11.0 Å². The van der Waals surface area contributed by atoms with Gasteiger partial charge in [0.25, 0.3) is 11.8 Å². The van der Waals surface area contributed by atoms with Crippen LogP contribution in [0, 0.1) is 23.7 Å². The van der Waals surface area contributed by atoms with Gasteiger partial charge in [-0.2, -0.15) is 0 Å². The maximum atomic E-state index is 13.7. The highest BCUT2D eigenvalue weighted by Crippen LogP contribution is 2.41. The van der Waals surface area contributed by atoms with E-state index in [4.69, 9.17) is 10.9 Å². The number of pyridine rings is 1. The molecule has 0 unspecified atom stereocenters. The van der Waals surface area contributed by atoms with Crippen LogP contribution in [0.1, 0.15) is 67.4 Å². The molecule has 4 rings (SSSR count). The lowest BCUT2D eigenvalue weighted by Crippen LogP contribution is -2.34. The molecule has 0 bridgehead atoms. The van der Waals surface area contributed by atoms with Crippen LogP contribution in [0.15, 0.2) is 21.9 Å². The van der Waals surface area contributed by atoms with Gasteiger partial charge in [-0.25, -0.2) is 13.8 Å². The molecular weight excluding hydrogens is 532 g/mol. The Balaban J connectivity index is 1.38. The number of nitrogens with two attached hydrogens (primary N) is 1. The second-order valence-electron chi connectivity index (χ2n) is 9.86. The average molecular weight is 564 g/mol. The number of amidine groups is 1. The van der Waals surface area contributed by atoms with E-state index in [0.717, 1.165) is 59.7 Å². The Morgan fingerprint density at radius 3 is 2.81 bits per heavy atom. The first-order chi connectivity index (χ1) is 17.2. The standard InChI is InChI=1S/C26H32BrF2N5O2/c1-33-21(9-7-5-3-2-4-6-8-17-13-26(28,29)14-17)22(20-12-19(27)15-31-24(20)33)25(35)34-11-10-18(16-34)23(30)32-36/h12,15,17-18,36H,2-5,7,9-11,13-14,16H2,1H3,(H2,30,32)/t18-/m0/s1. The van der Waals surface area contributed by atoms with Crippen LogP contribution in [0.5, 0.6) is 0 Å². The number of fused-ring (bicyclic) bond motifs is 1. The number of hydrogen-bond donors (Lipinski definition) is 2. The average Bonchev–Trinajstić information content (AvgIpc) is 3.42. The van der Waals surface area contributed by atoms with Crippen LogP contribution in [0.2, 0.25) is 0 Å². The predicted molar refractivity (Wildman–Crippen MR) is 138 cm³/mol. The zero-order chi connectivity index (χ0) is 25.9. The third-order valence-electron chi connectivity index (χ3n) is 7.20. The van der Waals surface area contributed by atoms with Gasteiger partial charge in [0.05, 0.1) is 5.56 Å². The van der Waals surface area contributed by atoms with Crippen molar-refractivity contribution < 1.29 is 18.8 Å². The van der Waals surface area contributed by atoms with Crippen molar-refractivity contribution in [3.05, 3.63) is 28.0 Å². The summed E-state index contributed by atoms with van der Waals surface area (Å²) in [5.41, 5.74) is 8.18. The molecule has 2 aliphatic rings. The summed E-state index contributed by atoms with van der Waals surface area (Å²) in [7, 11) is 1.94. The van der Waals surface area contributed by atoms with E-state index in [2.05, 4.69) is 37.9 Å². The minimum atomic E-state index is -2.51. The van der Waals surface area contributed by atoms with Crippen molar-refractivity contribution in [2.45, 2.75) is 63.7 Å². The van der Waals surface area contributed by atoms with E-state index < -0.39 is 5.92 Å². The number of aryl methyl sites for hydroxylation is 1. The number of aromatic nitrogens is 2. The molecule has 36 heavy (non-hydrogen) atoms. The van der Waals surface area contributed by atoms with Gasteiger partial charge in [0.1, 0.15) is 11.5 Å². The zero-order valence-corrected chi connectivity index (χ0v) is 22.0. The Morgan fingerprint density at radius 2 is 2.08 bits per heavy atom. The number of amides is 1. The summed E-state index contributed by atoms with van der Waals surface area (Å²) < 4.78 is 28.6. The molecule has 0 radical (unpaired) electrons. The van der Waals surface area contributed by atoms with Gasteiger partial charge in [-0.15, -0.1) is 5.92 Å². The normalized spacial score (nSPS) is 19.8. The summed E-state index contributed by atoms with van der Waals surface area (Å²) in [6, 6.07) is 1.94. The highest BCUT2D eigenvalue weighted by Gasteiger charge is 2.44. The van der Waals surface area contributed by atoms with Crippen LogP contribution in [-0.4, -0.2) is 50.4 Å². The molecule has 194 valence electrons. The molecule has 0 spiro atoms. The molecule has 0 aromatic carbocycles. The SMILES string of the molecule is Cn1c(CCCCCCC#CC2CC(F)(F)C2)c(C(=O)N2CC[C@H](C(N)=NO)C2)c2cc(Br)cnc21. The van der Waals surface area contributed by atoms with Gasteiger partial charge < -0.3 is 20.4 Å². The lowest BCUT2D eigenvalue weighted by Gasteiger charge is -2.31. The van der Waals surface area contributed by atoms with Crippen LogP contribution >= 0.6 is 15.9 Å². The van der Waals surface area contributed by atoms with Crippen molar-refractivity contribution >= 4 is 38.7 Å². The van der Waals surface area contributed by atoms with Crippen LogP contribution in [0.3, 0.4) is 0 Å². The van der Waals surface area contributed by atoms with E-state index in [1.54, 1.807) is 11.1 Å². The number of unbranched alkanes of at least 4 members (excludes halogenated alkanes) is 4. The number of hydrogen-bond acceptors (Lipinski definition) is 4. The molecule has 3 heterocycles. The fraction of sp³-hybridized carbons (Fsp3) is 0.577. The smallest absolute Gasteiger partial charge is 0.256 e. The number of carbonyl (C=O) groups is 1. The molecule has 2 fully saturated rings. The van der Waals surface area contributed by atoms with Gasteiger partial charge in [-0.1, -0.05) is 23.9 Å². The quantitative estimate of drug-likeness (QED) is 0.117. The molecule has 2 aromatic heterocycles. The summed E-state index contributed by atoms with van der Waals surface area (Å²) in [6.45, 7) is 0.974. The van der Waals surface area contributed by atoms with Gasteiger partial charge in [-0.3, -0.25) is 4.79 Å². The second kappa shape index (κ2) is 11.2. The summed E-state index contributed by atoms with van der Waals surface area (Å²) in [5, 5.41) is 12.9. The van der Waals surface area contributed by atoms with Gasteiger partial charge in [0, 0.05) is 73.0 Å². The molecule has 1 atom stereocenters. The first-order valence-corrected chi connectivity index (χ1v) is 13.2. The fourth-order valence-electron chi connectivity index (χ4n) is 5.13. The lowest BCUT2D eigenvalue weighted by molar-refractivity contribution is -0.0936. The lowest BCUT2D eigenvalue weighted by atomic mass is 9.82. The van der Waals surface area contributed by atoms with E-state index in [-0.39, 0.29) is 36.4 Å². The Bertz CT molecular complexity index is 1210. The molecule has 1 saturated carbocycles. The van der Waals surface area contributed by atoms with Gasteiger partial charge in [0.2, 0.25) is 0 Å². The number of oxime groups is 1. The zero-order valence-electron chi connectivity index (χ0n) is 20.4. The Kier molecular flexibility index (Phi) is 8.18. The summed E-state index contributed by atoms with van der Waals surface area (Å²) >= 11 is 3.48. The largest absolute Gasteiger partial charge is 0.409 e. The molecule has 10 heteroatoms. The van der Waals surface area contributed by atoms with E-state index in [0.29, 0.717) is 25.1 Å². The first-order valence-electron chi connectivity index (χ1n) is 12.5. The maximum absolute atomic E-state index is 13.7. The number of carbonyl (C=O) groups excluding carboxylic acids is 1. The third kappa shape index (κ3) is 5.83. The minimum absolute atomic E-state index is 0.0550. The Labute approximate surface area is 218 Å². The van der Waals surface area contributed by atoms with Gasteiger partial charge in [0.15, 0.2) is 0 Å². The predicted octanol–water partition coefficient (Wildman–Crippen LogP) is 5.09. The minimum Gasteiger partial charge on any atom is -0.409 e. The van der Waals surface area contributed by atoms with E-state index in [1.807, 2.05) is 17.7 Å². The first kappa shape index (κ1) is 26.4. The van der Waals surface area contributed by atoms with Crippen molar-refractivity contribution in [2.75, 3.05) is 13.1 Å². The molecule has 1 aliphatic heterocycles. The highest BCUT2D eigenvalue weighted by molar-refractivity contribution is 9.10. The van der Waals surface area contributed by atoms with Crippen molar-refractivity contribution in [3.63, 3.8) is 0 Å². The second-order valence-corrected chi connectivity index (χ2v) is 10.8. The molecule has 1 saturated heterocycles. The molecule has 1 amide bonds. The van der Waals surface area contributed by atoms with Gasteiger partial charge >= 0.3 is 0 Å². The van der Waals surface area contributed by atoms with Crippen molar-refractivity contribution in [2.24, 2.45) is 29.8 Å². The molecular formula is C26H32BrF2N5O2. The molecule has 7 nitrogen and oxygen atoms in total. The summed E-state index contributed by atoms with van der Waals surface area (Å²) in [6.07, 6.45) is 7.52. The summed E-state index contributed by atoms with van der Waals surface area (Å²) in [4.78, 5) is 20.0. The molecule has 3 N–H and O–H groups in total. The van der Waals surface area contributed by atoms with Crippen molar-refractivity contribution in [1.29, 1.82) is 0 Å². The van der Waals surface area contributed by atoms with E-state index in [1.165, 1.54) is 0 Å². The molecule has 1 aliphatic carbocycles. The number of nitrogens with zero attached hydrogens (tertiary/aromatic N) is 4. The Hall–Kier alpha value is -2.67. The third-order valence-corrected chi connectivity index (χ3v) is 7.63. The van der Waals surface area contributed by atoms with E-state index in [9.17, 15) is 13.6 Å². The van der Waals surface area contributed by atoms with Crippen LogP contribution < -0.4 is 5.73 Å². The fourth-order valence-corrected chi connectivity index (χ4v) is 5.46. The number of likely N-dealkylation sites (tertiary alicyclic amines) is 1. The topological polar surface area (TPSA) is 96.7 Å². The molecule has 2 aromatic rings. The van der Waals surface area contributed by atoms with Gasteiger partial charge in [-0.05, 0) is 47.7 Å². The Morgan fingerprint density at radius 1 is 1.33 bits per heavy atom. The highest BCUT2D eigenvalue weighted by atomic mass is 79.9. The number of halogens is 3. The monoisotopic (exact) mass is 563 g/mol. The van der Waals surface area contributed by atoms with Crippen molar-refractivity contribution in [1.82, 2.24) is 14.5 Å². The number of alkyl halides is 2. The van der Waals surface area contributed by atoms with Crippen molar-refractivity contribution in [3.8, 4) is 11.8 Å². The van der Waals surface area contributed by atoms with E-state index >= 15 is 0 Å².